The average Bonchev–Trinajstić information content (AvgIpc) is 2.95. The van der Waals surface area contributed by atoms with E-state index >= 15 is 0 Å². The van der Waals surface area contributed by atoms with Crippen LogP contribution in [0.5, 0.6) is 5.75 Å². The summed E-state index contributed by atoms with van der Waals surface area (Å²) in [4.78, 5) is 13.7. The van der Waals surface area contributed by atoms with E-state index in [1.807, 2.05) is 54.6 Å². The quantitative estimate of drug-likeness (QED) is 0.821. The SMILES string of the molecule is COC[C@H]1CN(c2ccccc2OCc2ccccc2)C(=O)O1. The Hall–Kier alpha value is -2.53. The highest BCUT2D eigenvalue weighted by molar-refractivity contribution is 5.91. The van der Waals surface area contributed by atoms with Gasteiger partial charge < -0.3 is 14.2 Å². The third kappa shape index (κ3) is 3.63. The molecule has 0 saturated carbocycles. The maximum absolute atomic E-state index is 12.1. The Morgan fingerprint density at radius 3 is 2.65 bits per heavy atom. The van der Waals surface area contributed by atoms with Crippen molar-refractivity contribution in [3.63, 3.8) is 0 Å². The number of para-hydroxylation sites is 2. The number of ether oxygens (including phenoxy) is 3. The Morgan fingerprint density at radius 1 is 1.13 bits per heavy atom. The average molecular weight is 313 g/mol. The zero-order valence-corrected chi connectivity index (χ0v) is 13.0. The standard InChI is InChI=1S/C18H19NO4/c1-21-13-15-11-19(18(20)23-15)16-9-5-6-10-17(16)22-12-14-7-3-2-4-8-14/h2-10,15H,11-13H2,1H3/t15-/m1/s1. The normalized spacial score (nSPS) is 17.2. The molecule has 0 bridgehead atoms. The summed E-state index contributed by atoms with van der Waals surface area (Å²) < 4.78 is 16.3. The van der Waals surface area contributed by atoms with Crippen LogP contribution >= 0.6 is 0 Å². The first-order valence-corrected chi connectivity index (χ1v) is 7.51. The van der Waals surface area contributed by atoms with Crippen LogP contribution in [0.25, 0.3) is 0 Å². The highest BCUT2D eigenvalue weighted by atomic mass is 16.6. The predicted molar refractivity (Wildman–Crippen MR) is 86.7 cm³/mol. The van der Waals surface area contributed by atoms with Gasteiger partial charge in [0.1, 0.15) is 18.5 Å². The molecular formula is C18H19NO4. The van der Waals surface area contributed by atoms with E-state index in [9.17, 15) is 4.79 Å². The fourth-order valence-corrected chi connectivity index (χ4v) is 2.53. The summed E-state index contributed by atoms with van der Waals surface area (Å²) in [5.41, 5.74) is 1.79. The zero-order chi connectivity index (χ0) is 16.1. The van der Waals surface area contributed by atoms with E-state index in [4.69, 9.17) is 14.2 Å². The maximum atomic E-state index is 12.1. The van der Waals surface area contributed by atoms with E-state index in [2.05, 4.69) is 0 Å². The molecule has 1 fully saturated rings. The molecule has 0 aliphatic carbocycles. The monoisotopic (exact) mass is 313 g/mol. The van der Waals surface area contributed by atoms with E-state index < -0.39 is 0 Å². The van der Waals surface area contributed by atoms with Crippen molar-refractivity contribution in [1.29, 1.82) is 0 Å². The summed E-state index contributed by atoms with van der Waals surface area (Å²) in [5, 5.41) is 0. The Balaban J connectivity index is 1.74. The third-order valence-corrected chi connectivity index (χ3v) is 3.62. The van der Waals surface area contributed by atoms with E-state index in [1.54, 1.807) is 12.0 Å². The molecule has 0 spiro atoms. The number of anilines is 1. The largest absolute Gasteiger partial charge is 0.487 e. The molecule has 3 rings (SSSR count). The van der Waals surface area contributed by atoms with Crippen molar-refractivity contribution in [3.8, 4) is 5.75 Å². The first kappa shape index (κ1) is 15.4. The fraction of sp³-hybridized carbons (Fsp3) is 0.278. The number of amides is 1. The van der Waals surface area contributed by atoms with Crippen LogP contribution in [-0.2, 0) is 16.1 Å². The lowest BCUT2D eigenvalue weighted by atomic mass is 10.2. The van der Waals surface area contributed by atoms with Crippen LogP contribution in [-0.4, -0.2) is 32.5 Å². The van der Waals surface area contributed by atoms with Gasteiger partial charge in [-0.2, -0.15) is 0 Å². The van der Waals surface area contributed by atoms with Gasteiger partial charge in [0, 0.05) is 7.11 Å². The van der Waals surface area contributed by atoms with Crippen LogP contribution in [0.4, 0.5) is 10.5 Å². The van der Waals surface area contributed by atoms with Crippen molar-refractivity contribution in [3.05, 3.63) is 60.2 Å². The Bertz CT molecular complexity index is 659. The minimum atomic E-state index is -0.372. The van der Waals surface area contributed by atoms with Crippen LogP contribution < -0.4 is 9.64 Å². The Kier molecular flexibility index (Phi) is 4.78. The molecule has 5 heteroatoms. The van der Waals surface area contributed by atoms with Crippen LogP contribution in [0.2, 0.25) is 0 Å². The van der Waals surface area contributed by atoms with Crippen LogP contribution in [0.15, 0.2) is 54.6 Å². The summed E-state index contributed by atoms with van der Waals surface area (Å²) in [6.07, 6.45) is -0.627. The number of methoxy groups -OCH3 is 1. The minimum Gasteiger partial charge on any atom is -0.487 e. The summed E-state index contributed by atoms with van der Waals surface area (Å²) in [7, 11) is 1.59. The van der Waals surface area contributed by atoms with Gasteiger partial charge in [-0.05, 0) is 17.7 Å². The molecule has 1 atom stereocenters. The molecule has 5 nitrogen and oxygen atoms in total. The van der Waals surface area contributed by atoms with Crippen molar-refractivity contribution >= 4 is 11.8 Å². The number of hydrogen-bond donors (Lipinski definition) is 0. The number of rotatable bonds is 6. The molecule has 0 aromatic heterocycles. The van der Waals surface area contributed by atoms with Gasteiger partial charge in [0.25, 0.3) is 0 Å². The molecular weight excluding hydrogens is 294 g/mol. The molecule has 23 heavy (non-hydrogen) atoms. The van der Waals surface area contributed by atoms with Crippen LogP contribution in [0.3, 0.4) is 0 Å². The minimum absolute atomic E-state index is 0.255. The molecule has 1 heterocycles. The van der Waals surface area contributed by atoms with Gasteiger partial charge in [-0.1, -0.05) is 42.5 Å². The third-order valence-electron chi connectivity index (χ3n) is 3.62. The Morgan fingerprint density at radius 2 is 1.87 bits per heavy atom. The molecule has 1 aliphatic heterocycles. The van der Waals surface area contributed by atoms with Gasteiger partial charge in [0.15, 0.2) is 0 Å². The van der Waals surface area contributed by atoms with E-state index in [1.165, 1.54) is 0 Å². The van der Waals surface area contributed by atoms with Gasteiger partial charge in [-0.3, -0.25) is 4.90 Å². The smallest absolute Gasteiger partial charge is 0.414 e. The number of cyclic esters (lactones) is 1. The predicted octanol–water partition coefficient (Wildman–Crippen LogP) is 3.24. The molecule has 2 aromatic carbocycles. The van der Waals surface area contributed by atoms with E-state index in [0.29, 0.717) is 31.2 Å². The summed E-state index contributed by atoms with van der Waals surface area (Å²) in [6, 6.07) is 17.4. The molecule has 0 unspecified atom stereocenters. The number of carbonyl (C=O) groups excluding carboxylic acids is 1. The lowest BCUT2D eigenvalue weighted by Crippen LogP contribution is -2.26. The number of benzene rings is 2. The lowest BCUT2D eigenvalue weighted by Gasteiger charge is -2.17. The van der Waals surface area contributed by atoms with E-state index in [0.717, 1.165) is 5.56 Å². The van der Waals surface area contributed by atoms with Gasteiger partial charge in [0.2, 0.25) is 0 Å². The highest BCUT2D eigenvalue weighted by Gasteiger charge is 2.33. The topological polar surface area (TPSA) is 48.0 Å². The van der Waals surface area contributed by atoms with Crippen molar-refractivity contribution in [2.24, 2.45) is 0 Å². The van der Waals surface area contributed by atoms with Crippen LogP contribution in [0, 0.1) is 0 Å². The number of hydrogen-bond acceptors (Lipinski definition) is 4. The lowest BCUT2D eigenvalue weighted by molar-refractivity contribution is 0.0718. The van der Waals surface area contributed by atoms with Gasteiger partial charge in [-0.25, -0.2) is 4.79 Å². The molecule has 120 valence electrons. The summed E-state index contributed by atoms with van der Waals surface area (Å²) in [5.74, 6) is 0.659. The highest BCUT2D eigenvalue weighted by Crippen LogP contribution is 2.32. The first-order chi connectivity index (χ1) is 11.3. The molecule has 2 aromatic rings. The molecule has 0 radical (unpaired) electrons. The van der Waals surface area contributed by atoms with E-state index in [-0.39, 0.29) is 12.2 Å². The van der Waals surface area contributed by atoms with Crippen molar-refractivity contribution in [2.45, 2.75) is 12.7 Å². The number of carbonyl (C=O) groups is 1. The summed E-state index contributed by atoms with van der Waals surface area (Å²) in [6.45, 7) is 1.29. The van der Waals surface area contributed by atoms with Crippen molar-refractivity contribution in [2.75, 3.05) is 25.2 Å². The Labute approximate surface area is 135 Å². The van der Waals surface area contributed by atoms with Crippen molar-refractivity contribution < 1.29 is 19.0 Å². The maximum Gasteiger partial charge on any atom is 0.414 e. The second kappa shape index (κ2) is 7.15. The zero-order valence-electron chi connectivity index (χ0n) is 13.0. The van der Waals surface area contributed by atoms with Crippen LogP contribution in [0.1, 0.15) is 5.56 Å². The molecule has 1 saturated heterocycles. The van der Waals surface area contributed by atoms with Gasteiger partial charge in [-0.15, -0.1) is 0 Å². The van der Waals surface area contributed by atoms with Crippen molar-refractivity contribution in [1.82, 2.24) is 0 Å². The molecule has 0 N–H and O–H groups in total. The second-order valence-corrected chi connectivity index (χ2v) is 5.31. The summed E-state index contributed by atoms with van der Waals surface area (Å²) >= 11 is 0. The molecule has 1 aliphatic rings. The van der Waals surface area contributed by atoms with Gasteiger partial charge in [0.05, 0.1) is 18.8 Å². The molecule has 1 amide bonds. The first-order valence-electron chi connectivity index (χ1n) is 7.51. The fourth-order valence-electron chi connectivity index (χ4n) is 2.53. The number of nitrogens with zero attached hydrogens (tertiary/aromatic N) is 1. The second-order valence-electron chi connectivity index (χ2n) is 5.31. The van der Waals surface area contributed by atoms with Gasteiger partial charge >= 0.3 is 6.09 Å².